The minimum atomic E-state index is -1.08. The first-order valence-electron chi connectivity index (χ1n) is 11.3. The second-order valence-corrected chi connectivity index (χ2v) is 8.24. The molecule has 0 unspecified atom stereocenters. The Labute approximate surface area is 206 Å². The summed E-state index contributed by atoms with van der Waals surface area (Å²) in [6.07, 6.45) is -0.688. The molecule has 2 aromatic heterocycles. The van der Waals surface area contributed by atoms with Gasteiger partial charge in [-0.2, -0.15) is 5.10 Å². The van der Waals surface area contributed by atoms with Gasteiger partial charge >= 0.3 is 0 Å². The molecule has 36 heavy (non-hydrogen) atoms. The van der Waals surface area contributed by atoms with Crippen molar-refractivity contribution >= 4 is 17.4 Å². The lowest BCUT2D eigenvalue weighted by atomic mass is 10.1. The molecule has 0 spiro atoms. The van der Waals surface area contributed by atoms with Crippen molar-refractivity contribution in [1.82, 2.24) is 19.6 Å². The Morgan fingerprint density at radius 2 is 1.92 bits per heavy atom. The fourth-order valence-electron chi connectivity index (χ4n) is 4.11. The number of imidazole rings is 1. The molecule has 186 valence electrons. The highest BCUT2D eigenvalue weighted by Crippen LogP contribution is 2.36. The predicted octanol–water partition coefficient (Wildman–Crippen LogP) is 1.76. The SMILES string of the molecule is COc1ccc(CO[C@@H]2[C@H](O)[C@@H](CO)O[C@H]2c2cnc3c(NC(=O)c4ccccc4)ncnn23)cc1. The fourth-order valence-corrected chi connectivity index (χ4v) is 4.11. The fraction of sp³-hybridized carbons (Fsp3) is 0.280. The Morgan fingerprint density at radius 3 is 2.64 bits per heavy atom. The molecule has 0 saturated carbocycles. The molecule has 1 aliphatic heterocycles. The van der Waals surface area contributed by atoms with E-state index in [1.165, 1.54) is 17.0 Å². The van der Waals surface area contributed by atoms with E-state index < -0.39 is 24.4 Å². The molecule has 11 nitrogen and oxygen atoms in total. The minimum Gasteiger partial charge on any atom is -0.497 e. The third-order valence-electron chi connectivity index (χ3n) is 6.01. The lowest BCUT2D eigenvalue weighted by Crippen LogP contribution is -2.34. The average Bonchev–Trinajstić information content (AvgIpc) is 3.49. The number of aliphatic hydroxyl groups is 2. The number of hydrogen-bond donors (Lipinski definition) is 3. The molecule has 3 N–H and O–H groups in total. The molecule has 1 saturated heterocycles. The number of nitrogens with zero attached hydrogens (tertiary/aromatic N) is 4. The van der Waals surface area contributed by atoms with Gasteiger partial charge in [0.25, 0.3) is 5.91 Å². The van der Waals surface area contributed by atoms with E-state index in [-0.39, 0.29) is 24.9 Å². The molecule has 0 radical (unpaired) electrons. The number of methoxy groups -OCH3 is 1. The molecule has 1 amide bonds. The zero-order valence-corrected chi connectivity index (χ0v) is 19.4. The van der Waals surface area contributed by atoms with Crippen molar-refractivity contribution in [3.05, 3.63) is 83.9 Å². The standard InChI is InChI=1S/C25H25N5O6/c1-34-17-9-7-15(8-10-17)13-35-22-20(32)19(12-31)36-21(22)18-11-26-24-23(27-14-28-30(18)24)29-25(33)16-5-3-2-4-6-16/h2-11,14,19-22,31-32H,12-13H2,1H3,(H,27,28,29,33)/t19-,20-,21+,22-/m1/s1. The number of fused-ring (bicyclic) bond motifs is 1. The van der Waals surface area contributed by atoms with E-state index in [1.807, 2.05) is 30.3 Å². The van der Waals surface area contributed by atoms with E-state index >= 15 is 0 Å². The van der Waals surface area contributed by atoms with Crippen LogP contribution in [0.1, 0.15) is 27.7 Å². The van der Waals surface area contributed by atoms with Gasteiger partial charge in [-0.25, -0.2) is 14.5 Å². The molecule has 3 heterocycles. The maximum atomic E-state index is 12.6. The molecule has 0 bridgehead atoms. The average molecular weight is 492 g/mol. The third kappa shape index (κ3) is 4.64. The number of amides is 1. The van der Waals surface area contributed by atoms with E-state index in [1.54, 1.807) is 31.4 Å². The molecule has 1 fully saturated rings. The Morgan fingerprint density at radius 1 is 1.14 bits per heavy atom. The van der Waals surface area contributed by atoms with Gasteiger partial charge in [0, 0.05) is 5.56 Å². The monoisotopic (exact) mass is 491 g/mol. The van der Waals surface area contributed by atoms with Gasteiger partial charge in [-0.3, -0.25) is 4.79 Å². The van der Waals surface area contributed by atoms with Crippen LogP contribution in [-0.2, 0) is 16.1 Å². The van der Waals surface area contributed by atoms with Crippen LogP contribution in [0.2, 0.25) is 0 Å². The van der Waals surface area contributed by atoms with Crippen LogP contribution in [0.3, 0.4) is 0 Å². The zero-order valence-electron chi connectivity index (χ0n) is 19.4. The van der Waals surface area contributed by atoms with Crippen molar-refractivity contribution in [3.63, 3.8) is 0 Å². The van der Waals surface area contributed by atoms with Gasteiger partial charge in [-0.15, -0.1) is 0 Å². The maximum Gasteiger partial charge on any atom is 0.256 e. The number of nitrogens with one attached hydrogen (secondary N) is 1. The summed E-state index contributed by atoms with van der Waals surface area (Å²) in [5.74, 6) is 0.606. The molecular formula is C25H25N5O6. The topological polar surface area (TPSA) is 140 Å². The normalized spacial score (nSPS) is 21.5. The smallest absolute Gasteiger partial charge is 0.256 e. The lowest BCUT2D eigenvalue weighted by Gasteiger charge is -2.20. The number of ether oxygens (including phenoxy) is 3. The maximum absolute atomic E-state index is 12.6. The first kappa shape index (κ1) is 23.8. The Kier molecular flexibility index (Phi) is 6.87. The summed E-state index contributed by atoms with van der Waals surface area (Å²) in [6, 6.07) is 16.1. The number of carbonyl (C=O) groups is 1. The van der Waals surface area contributed by atoms with Crippen molar-refractivity contribution in [2.75, 3.05) is 19.0 Å². The summed E-state index contributed by atoms with van der Waals surface area (Å²) in [6.45, 7) is -0.183. The molecule has 4 aromatic rings. The Hall–Kier alpha value is -3.90. The number of hydrogen-bond acceptors (Lipinski definition) is 9. The zero-order chi connectivity index (χ0) is 25.1. The van der Waals surface area contributed by atoms with Gasteiger partial charge in [0.2, 0.25) is 0 Å². The lowest BCUT2D eigenvalue weighted by molar-refractivity contribution is -0.0489. The molecule has 5 rings (SSSR count). The van der Waals surface area contributed by atoms with Crippen LogP contribution in [-0.4, -0.2) is 67.7 Å². The Balaban J connectivity index is 1.40. The van der Waals surface area contributed by atoms with Gasteiger partial charge < -0.3 is 29.7 Å². The summed E-state index contributed by atoms with van der Waals surface area (Å²) >= 11 is 0. The molecular weight excluding hydrogens is 466 g/mol. The minimum absolute atomic E-state index is 0.202. The highest BCUT2D eigenvalue weighted by Gasteiger charge is 2.46. The molecule has 11 heteroatoms. The van der Waals surface area contributed by atoms with Crippen LogP contribution >= 0.6 is 0 Å². The van der Waals surface area contributed by atoms with E-state index in [0.29, 0.717) is 16.9 Å². The first-order valence-corrected chi connectivity index (χ1v) is 11.3. The van der Waals surface area contributed by atoms with Crippen LogP contribution in [0.5, 0.6) is 5.75 Å². The van der Waals surface area contributed by atoms with Crippen molar-refractivity contribution in [3.8, 4) is 5.75 Å². The van der Waals surface area contributed by atoms with Crippen molar-refractivity contribution < 1.29 is 29.2 Å². The molecule has 2 aromatic carbocycles. The van der Waals surface area contributed by atoms with E-state index in [2.05, 4.69) is 20.4 Å². The number of aromatic nitrogens is 4. The van der Waals surface area contributed by atoms with Crippen LogP contribution in [0.4, 0.5) is 5.82 Å². The second-order valence-electron chi connectivity index (χ2n) is 8.24. The highest BCUT2D eigenvalue weighted by molar-refractivity contribution is 6.05. The first-order chi connectivity index (χ1) is 17.6. The number of rotatable bonds is 8. The molecule has 0 aliphatic carbocycles. The van der Waals surface area contributed by atoms with Crippen LogP contribution in [0, 0.1) is 0 Å². The van der Waals surface area contributed by atoms with Crippen molar-refractivity contribution in [2.45, 2.75) is 31.0 Å². The summed E-state index contributed by atoms with van der Waals surface area (Å²) in [5.41, 5.74) is 2.13. The summed E-state index contributed by atoms with van der Waals surface area (Å²) in [7, 11) is 1.59. The van der Waals surface area contributed by atoms with Gasteiger partial charge in [-0.1, -0.05) is 30.3 Å². The summed E-state index contributed by atoms with van der Waals surface area (Å²) in [4.78, 5) is 21.2. The molecule has 4 atom stereocenters. The van der Waals surface area contributed by atoms with Crippen LogP contribution in [0.25, 0.3) is 5.65 Å². The molecule has 1 aliphatic rings. The summed E-state index contributed by atoms with van der Waals surface area (Å²) < 4.78 is 18.7. The largest absolute Gasteiger partial charge is 0.497 e. The van der Waals surface area contributed by atoms with E-state index in [9.17, 15) is 15.0 Å². The van der Waals surface area contributed by atoms with Crippen molar-refractivity contribution in [2.24, 2.45) is 0 Å². The van der Waals surface area contributed by atoms with Crippen LogP contribution < -0.4 is 10.1 Å². The quantitative estimate of drug-likeness (QED) is 0.336. The second kappa shape index (κ2) is 10.4. The number of carbonyl (C=O) groups excluding carboxylic acids is 1. The summed E-state index contributed by atoms with van der Waals surface area (Å²) in [5, 5.41) is 27.6. The van der Waals surface area contributed by atoms with Gasteiger partial charge in [-0.05, 0) is 29.8 Å². The third-order valence-corrected chi connectivity index (χ3v) is 6.01. The van der Waals surface area contributed by atoms with Gasteiger partial charge in [0.1, 0.15) is 36.5 Å². The number of anilines is 1. The predicted molar refractivity (Wildman–Crippen MR) is 127 cm³/mol. The van der Waals surface area contributed by atoms with Crippen LogP contribution in [0.15, 0.2) is 67.1 Å². The van der Waals surface area contributed by atoms with E-state index in [0.717, 1.165) is 11.3 Å². The number of aliphatic hydroxyl groups excluding tert-OH is 2. The van der Waals surface area contributed by atoms with E-state index in [4.69, 9.17) is 14.2 Å². The van der Waals surface area contributed by atoms with Gasteiger partial charge in [0.05, 0.1) is 32.2 Å². The Bertz CT molecular complexity index is 1330. The van der Waals surface area contributed by atoms with Gasteiger partial charge in [0.15, 0.2) is 11.5 Å². The highest BCUT2D eigenvalue weighted by atomic mass is 16.6. The van der Waals surface area contributed by atoms with Crippen molar-refractivity contribution in [1.29, 1.82) is 0 Å². The number of benzene rings is 2.